The normalized spacial score (nSPS) is 16.1. The van der Waals surface area contributed by atoms with Crippen molar-refractivity contribution in [3.63, 3.8) is 0 Å². The molecular weight excluding hydrogens is 224 g/mol. The SMILES string of the molecule is CC(C)Oc1ccc(CN(C)CC2CNC2)cc1. The maximum Gasteiger partial charge on any atom is 0.119 e. The fourth-order valence-electron chi connectivity index (χ4n) is 2.24. The molecule has 3 nitrogen and oxygen atoms in total. The van der Waals surface area contributed by atoms with Gasteiger partial charge in [-0.15, -0.1) is 0 Å². The van der Waals surface area contributed by atoms with E-state index >= 15 is 0 Å². The molecule has 0 amide bonds. The van der Waals surface area contributed by atoms with Crippen LogP contribution in [0, 0.1) is 5.92 Å². The van der Waals surface area contributed by atoms with Gasteiger partial charge >= 0.3 is 0 Å². The highest BCUT2D eigenvalue weighted by Crippen LogP contribution is 2.15. The second-order valence-electron chi connectivity index (χ2n) is 5.53. The van der Waals surface area contributed by atoms with E-state index in [0.29, 0.717) is 0 Å². The molecule has 1 aromatic rings. The number of hydrogen-bond acceptors (Lipinski definition) is 3. The Bertz CT molecular complexity index is 357. The Kier molecular flexibility index (Phi) is 4.61. The van der Waals surface area contributed by atoms with Crippen molar-refractivity contribution in [3.05, 3.63) is 29.8 Å². The first-order chi connectivity index (χ1) is 8.63. The fraction of sp³-hybridized carbons (Fsp3) is 0.600. The highest BCUT2D eigenvalue weighted by Gasteiger charge is 2.18. The summed E-state index contributed by atoms with van der Waals surface area (Å²) in [6.45, 7) is 8.63. The molecule has 0 saturated carbocycles. The number of nitrogens with one attached hydrogen (secondary N) is 1. The minimum atomic E-state index is 0.240. The van der Waals surface area contributed by atoms with E-state index in [1.165, 1.54) is 25.2 Å². The summed E-state index contributed by atoms with van der Waals surface area (Å²) in [4.78, 5) is 2.39. The van der Waals surface area contributed by atoms with Gasteiger partial charge in [0, 0.05) is 26.2 Å². The minimum absolute atomic E-state index is 0.240. The molecule has 100 valence electrons. The Morgan fingerprint density at radius 2 is 1.94 bits per heavy atom. The Balaban J connectivity index is 1.81. The zero-order chi connectivity index (χ0) is 13.0. The lowest BCUT2D eigenvalue weighted by Gasteiger charge is -2.31. The molecule has 3 heteroatoms. The molecule has 0 aromatic heterocycles. The molecule has 1 aliphatic rings. The topological polar surface area (TPSA) is 24.5 Å². The molecule has 1 aliphatic heterocycles. The van der Waals surface area contributed by atoms with E-state index < -0.39 is 0 Å². The van der Waals surface area contributed by atoms with Gasteiger partial charge in [-0.05, 0) is 44.5 Å². The zero-order valence-corrected chi connectivity index (χ0v) is 11.6. The van der Waals surface area contributed by atoms with Gasteiger partial charge in [-0.25, -0.2) is 0 Å². The molecule has 1 heterocycles. The number of hydrogen-bond donors (Lipinski definition) is 1. The first-order valence-electron chi connectivity index (χ1n) is 6.78. The van der Waals surface area contributed by atoms with Crippen molar-refractivity contribution in [1.29, 1.82) is 0 Å². The molecule has 0 atom stereocenters. The van der Waals surface area contributed by atoms with E-state index in [1.807, 2.05) is 13.8 Å². The summed E-state index contributed by atoms with van der Waals surface area (Å²) in [5.74, 6) is 1.79. The summed E-state index contributed by atoms with van der Waals surface area (Å²) in [6, 6.07) is 8.45. The monoisotopic (exact) mass is 248 g/mol. The zero-order valence-electron chi connectivity index (χ0n) is 11.6. The van der Waals surface area contributed by atoms with Crippen LogP contribution >= 0.6 is 0 Å². The lowest BCUT2D eigenvalue weighted by Crippen LogP contribution is -2.47. The average molecular weight is 248 g/mol. The summed E-state index contributed by atoms with van der Waals surface area (Å²) in [5, 5.41) is 3.31. The van der Waals surface area contributed by atoms with Gasteiger partial charge in [0.25, 0.3) is 0 Å². The van der Waals surface area contributed by atoms with Crippen molar-refractivity contribution in [2.24, 2.45) is 5.92 Å². The van der Waals surface area contributed by atoms with Crippen molar-refractivity contribution >= 4 is 0 Å². The lowest BCUT2D eigenvalue weighted by molar-refractivity contribution is 0.218. The van der Waals surface area contributed by atoms with E-state index in [1.54, 1.807) is 0 Å². The van der Waals surface area contributed by atoms with Crippen molar-refractivity contribution in [3.8, 4) is 5.75 Å². The Labute approximate surface area is 110 Å². The molecule has 0 aliphatic carbocycles. The number of benzene rings is 1. The summed E-state index contributed by atoms with van der Waals surface area (Å²) < 4.78 is 5.64. The molecule has 1 N–H and O–H groups in total. The molecule has 2 rings (SSSR count). The van der Waals surface area contributed by atoms with Crippen LogP contribution in [0.4, 0.5) is 0 Å². The summed E-state index contributed by atoms with van der Waals surface area (Å²) in [6.07, 6.45) is 0.240. The molecule has 1 fully saturated rings. The Morgan fingerprint density at radius 1 is 1.28 bits per heavy atom. The molecule has 0 spiro atoms. The number of nitrogens with zero attached hydrogens (tertiary/aromatic N) is 1. The number of rotatable bonds is 6. The Hall–Kier alpha value is -1.06. The largest absolute Gasteiger partial charge is 0.491 e. The second-order valence-corrected chi connectivity index (χ2v) is 5.53. The predicted octanol–water partition coefficient (Wildman–Crippen LogP) is 2.12. The second kappa shape index (κ2) is 6.21. The van der Waals surface area contributed by atoms with Crippen molar-refractivity contribution in [2.75, 3.05) is 26.7 Å². The lowest BCUT2D eigenvalue weighted by atomic mass is 10.0. The van der Waals surface area contributed by atoms with Gasteiger partial charge in [0.05, 0.1) is 6.10 Å². The third-order valence-corrected chi connectivity index (χ3v) is 3.18. The molecule has 18 heavy (non-hydrogen) atoms. The quantitative estimate of drug-likeness (QED) is 0.834. The van der Waals surface area contributed by atoms with Crippen LogP contribution in [0.5, 0.6) is 5.75 Å². The van der Waals surface area contributed by atoms with Crippen molar-refractivity contribution in [2.45, 2.75) is 26.5 Å². The molecule has 0 radical (unpaired) electrons. The molecule has 1 saturated heterocycles. The van der Waals surface area contributed by atoms with Crippen LogP contribution in [-0.2, 0) is 6.54 Å². The Morgan fingerprint density at radius 3 is 2.44 bits per heavy atom. The van der Waals surface area contributed by atoms with Crippen LogP contribution in [0.1, 0.15) is 19.4 Å². The number of ether oxygens (including phenoxy) is 1. The molecular formula is C15H24N2O. The van der Waals surface area contributed by atoms with Crippen molar-refractivity contribution < 1.29 is 4.74 Å². The van der Waals surface area contributed by atoms with Gasteiger partial charge < -0.3 is 15.0 Å². The van der Waals surface area contributed by atoms with Gasteiger partial charge in [0.2, 0.25) is 0 Å². The summed E-state index contributed by atoms with van der Waals surface area (Å²) in [5.41, 5.74) is 1.35. The molecule has 0 bridgehead atoms. The van der Waals surface area contributed by atoms with Crippen LogP contribution in [0.2, 0.25) is 0 Å². The summed E-state index contributed by atoms with van der Waals surface area (Å²) in [7, 11) is 2.19. The standard InChI is InChI=1S/C15H24N2O/c1-12(2)18-15-6-4-13(5-7-15)10-17(3)11-14-8-16-9-14/h4-7,12,14,16H,8-11H2,1-3H3. The fourth-order valence-corrected chi connectivity index (χ4v) is 2.24. The van der Waals surface area contributed by atoms with Gasteiger partial charge in [-0.3, -0.25) is 0 Å². The highest BCUT2D eigenvalue weighted by molar-refractivity contribution is 5.27. The molecule has 1 aromatic carbocycles. The molecule has 0 unspecified atom stereocenters. The van der Waals surface area contributed by atoms with Gasteiger partial charge in [0.1, 0.15) is 5.75 Å². The van der Waals surface area contributed by atoms with Crippen LogP contribution < -0.4 is 10.1 Å². The first kappa shape index (κ1) is 13.4. The third kappa shape index (κ3) is 4.00. The van der Waals surface area contributed by atoms with Crippen LogP contribution in [0.3, 0.4) is 0 Å². The van der Waals surface area contributed by atoms with E-state index in [9.17, 15) is 0 Å². The van der Waals surface area contributed by atoms with Gasteiger partial charge in [0.15, 0.2) is 0 Å². The first-order valence-corrected chi connectivity index (χ1v) is 6.78. The maximum atomic E-state index is 5.64. The van der Waals surface area contributed by atoms with E-state index in [2.05, 4.69) is 41.5 Å². The highest BCUT2D eigenvalue weighted by atomic mass is 16.5. The van der Waals surface area contributed by atoms with Crippen LogP contribution in [0.15, 0.2) is 24.3 Å². The van der Waals surface area contributed by atoms with Gasteiger partial charge in [-0.2, -0.15) is 0 Å². The average Bonchev–Trinajstić information content (AvgIpc) is 2.26. The summed E-state index contributed by atoms with van der Waals surface area (Å²) >= 11 is 0. The van der Waals surface area contributed by atoms with E-state index in [0.717, 1.165) is 18.2 Å². The third-order valence-electron chi connectivity index (χ3n) is 3.18. The van der Waals surface area contributed by atoms with E-state index in [-0.39, 0.29) is 6.10 Å². The maximum absolute atomic E-state index is 5.64. The van der Waals surface area contributed by atoms with E-state index in [4.69, 9.17) is 4.74 Å². The van der Waals surface area contributed by atoms with Crippen molar-refractivity contribution in [1.82, 2.24) is 10.2 Å². The van der Waals surface area contributed by atoms with Gasteiger partial charge in [-0.1, -0.05) is 12.1 Å². The van der Waals surface area contributed by atoms with Crippen LogP contribution in [0.25, 0.3) is 0 Å². The van der Waals surface area contributed by atoms with Crippen LogP contribution in [-0.4, -0.2) is 37.7 Å². The smallest absolute Gasteiger partial charge is 0.119 e. The predicted molar refractivity (Wildman–Crippen MR) is 74.9 cm³/mol. The minimum Gasteiger partial charge on any atom is -0.491 e.